The van der Waals surface area contributed by atoms with Crippen LogP contribution in [-0.2, 0) is 14.3 Å². The average molecular weight is 456 g/mol. The van der Waals surface area contributed by atoms with E-state index in [1.54, 1.807) is 19.1 Å². The maximum atomic E-state index is 13.3. The number of carbonyl (C=O) groups is 2. The lowest BCUT2D eigenvalue weighted by Crippen LogP contribution is -2.46. The van der Waals surface area contributed by atoms with Gasteiger partial charge in [-0.1, -0.05) is 0 Å². The number of piperidine rings is 1. The third-order valence-electron chi connectivity index (χ3n) is 6.59. The summed E-state index contributed by atoms with van der Waals surface area (Å²) in [7, 11) is 0. The number of rotatable bonds is 5. The highest BCUT2D eigenvalue weighted by Crippen LogP contribution is 2.49. The van der Waals surface area contributed by atoms with Crippen LogP contribution in [0.5, 0.6) is 0 Å². The van der Waals surface area contributed by atoms with E-state index in [9.17, 15) is 19.8 Å². The zero-order valence-electron chi connectivity index (χ0n) is 18.0. The van der Waals surface area contributed by atoms with Crippen LogP contribution < -0.4 is 0 Å². The van der Waals surface area contributed by atoms with Gasteiger partial charge >= 0.3 is 5.97 Å². The molecule has 1 spiro atoms. The van der Waals surface area contributed by atoms with Crippen molar-refractivity contribution in [3.8, 4) is 5.82 Å². The Hall–Kier alpha value is -3.29. The van der Waals surface area contributed by atoms with Crippen molar-refractivity contribution in [2.45, 2.75) is 38.0 Å². The van der Waals surface area contributed by atoms with E-state index in [-0.39, 0.29) is 18.9 Å². The summed E-state index contributed by atoms with van der Waals surface area (Å²) in [5.74, 6) is -0.245. The second kappa shape index (κ2) is 7.93. The predicted molar refractivity (Wildman–Crippen MR) is 109 cm³/mol. The molecular weight excluding hydrogens is 432 g/mol. The summed E-state index contributed by atoms with van der Waals surface area (Å²) in [5, 5.41) is 40.6. The highest BCUT2D eigenvalue weighted by molar-refractivity contribution is 5.91. The molecule has 2 atom stereocenters. The van der Waals surface area contributed by atoms with Crippen molar-refractivity contribution < 1.29 is 24.5 Å². The van der Waals surface area contributed by atoms with Crippen molar-refractivity contribution in [1.82, 2.24) is 40.2 Å². The van der Waals surface area contributed by atoms with Crippen LogP contribution in [0.15, 0.2) is 30.2 Å². The molecule has 13 nitrogen and oxygen atoms in total. The van der Waals surface area contributed by atoms with Crippen LogP contribution in [0.2, 0.25) is 0 Å². The standard InChI is InChI=1S/C20H24N8O5/c1-19(32)11-20(18(31)28(19)13-8-17(30)33-10-13)4-6-26(7-5-20)9-15(29)14-2-3-16(23-22-14)27-12-21-24-25-27/h2-3,8,12,15,29,32H,4-7,9-11H2,1H3/t15-,19?/m0/s1. The number of hydrogen-bond acceptors (Lipinski definition) is 11. The number of amides is 1. The number of aromatic nitrogens is 6. The number of likely N-dealkylation sites (tertiary alicyclic amines) is 2. The topological polar surface area (TPSA) is 160 Å². The highest BCUT2D eigenvalue weighted by Gasteiger charge is 2.58. The van der Waals surface area contributed by atoms with E-state index in [0.717, 1.165) is 0 Å². The highest BCUT2D eigenvalue weighted by atomic mass is 16.5. The summed E-state index contributed by atoms with van der Waals surface area (Å²) < 4.78 is 6.30. The molecule has 174 valence electrons. The van der Waals surface area contributed by atoms with Crippen molar-refractivity contribution in [3.63, 3.8) is 0 Å². The maximum absolute atomic E-state index is 13.3. The molecule has 0 aromatic carbocycles. The molecule has 33 heavy (non-hydrogen) atoms. The van der Waals surface area contributed by atoms with E-state index in [1.807, 2.05) is 0 Å². The molecule has 0 saturated carbocycles. The monoisotopic (exact) mass is 456 g/mol. The summed E-state index contributed by atoms with van der Waals surface area (Å²) >= 11 is 0. The first kappa shape index (κ1) is 21.6. The molecule has 2 fully saturated rings. The number of β-amino-alcohol motifs (C(OH)–C–C–N with tert-alkyl or cyclic N) is 1. The number of tetrazole rings is 1. The SMILES string of the molecule is CC1(O)CC2(CCN(C[C@H](O)c3ccc(-n4cnnn4)nn3)CC2)C(=O)N1C1=CC(=O)OC1. The largest absolute Gasteiger partial charge is 0.456 e. The Bertz CT molecular complexity index is 1080. The molecule has 1 amide bonds. The second-order valence-electron chi connectivity index (χ2n) is 8.95. The van der Waals surface area contributed by atoms with Gasteiger partial charge in [0.2, 0.25) is 5.91 Å². The molecule has 0 bridgehead atoms. The van der Waals surface area contributed by atoms with Gasteiger partial charge in [-0.3, -0.25) is 9.69 Å². The van der Waals surface area contributed by atoms with Crippen LogP contribution in [0.3, 0.4) is 0 Å². The minimum atomic E-state index is -1.38. The van der Waals surface area contributed by atoms with Crippen LogP contribution in [0.4, 0.5) is 0 Å². The quantitative estimate of drug-likeness (QED) is 0.528. The second-order valence-corrected chi connectivity index (χ2v) is 8.95. The Morgan fingerprint density at radius 2 is 2.00 bits per heavy atom. The van der Waals surface area contributed by atoms with Gasteiger partial charge in [0, 0.05) is 19.0 Å². The molecule has 5 heterocycles. The number of aliphatic hydroxyl groups is 2. The summed E-state index contributed by atoms with van der Waals surface area (Å²) in [6.45, 7) is 3.09. The summed E-state index contributed by atoms with van der Waals surface area (Å²) in [5.41, 5.74) is -1.26. The van der Waals surface area contributed by atoms with Gasteiger partial charge in [0.1, 0.15) is 24.8 Å². The Labute approximate surface area is 188 Å². The van der Waals surface area contributed by atoms with Gasteiger partial charge in [0.25, 0.3) is 0 Å². The Morgan fingerprint density at radius 3 is 2.61 bits per heavy atom. The predicted octanol–water partition coefficient (Wildman–Crippen LogP) is -1.05. The fourth-order valence-electron chi connectivity index (χ4n) is 4.98. The van der Waals surface area contributed by atoms with Crippen LogP contribution in [0.1, 0.15) is 38.0 Å². The number of esters is 1. The van der Waals surface area contributed by atoms with Gasteiger partial charge in [-0.05, 0) is 55.4 Å². The van der Waals surface area contributed by atoms with Gasteiger partial charge in [0.05, 0.1) is 16.8 Å². The van der Waals surface area contributed by atoms with Crippen molar-refractivity contribution in [2.24, 2.45) is 5.41 Å². The fraction of sp³-hybridized carbons (Fsp3) is 0.550. The first-order valence-corrected chi connectivity index (χ1v) is 10.7. The lowest BCUT2D eigenvalue weighted by atomic mass is 9.75. The van der Waals surface area contributed by atoms with Crippen LogP contribution in [-0.4, -0.2) is 94.3 Å². The van der Waals surface area contributed by atoms with E-state index >= 15 is 0 Å². The molecule has 2 aromatic rings. The summed E-state index contributed by atoms with van der Waals surface area (Å²) in [4.78, 5) is 28.2. The van der Waals surface area contributed by atoms with Gasteiger partial charge in [0.15, 0.2) is 5.82 Å². The van der Waals surface area contributed by atoms with E-state index < -0.39 is 23.2 Å². The minimum absolute atomic E-state index is 0.0115. The molecule has 2 aromatic heterocycles. The lowest BCUT2D eigenvalue weighted by molar-refractivity contribution is -0.144. The maximum Gasteiger partial charge on any atom is 0.333 e. The fourth-order valence-corrected chi connectivity index (χ4v) is 4.98. The third kappa shape index (κ3) is 3.87. The van der Waals surface area contributed by atoms with E-state index in [2.05, 4.69) is 30.6 Å². The molecule has 13 heteroatoms. The molecule has 0 radical (unpaired) electrons. The van der Waals surface area contributed by atoms with E-state index in [0.29, 0.717) is 49.7 Å². The first-order valence-electron chi connectivity index (χ1n) is 10.7. The average Bonchev–Trinajstić information content (AvgIpc) is 3.50. The number of hydrogen-bond donors (Lipinski definition) is 2. The van der Waals surface area contributed by atoms with Gasteiger partial charge in [-0.25, -0.2) is 4.79 Å². The van der Waals surface area contributed by atoms with Crippen molar-refractivity contribution in [2.75, 3.05) is 26.2 Å². The first-order chi connectivity index (χ1) is 15.8. The van der Waals surface area contributed by atoms with Gasteiger partial charge in [-0.2, -0.15) is 9.78 Å². The van der Waals surface area contributed by atoms with E-state index in [1.165, 1.54) is 22.0 Å². The smallest absolute Gasteiger partial charge is 0.333 e. The molecule has 3 aliphatic heterocycles. The summed E-state index contributed by atoms with van der Waals surface area (Å²) in [6, 6.07) is 3.35. The number of ether oxygens (including phenoxy) is 1. The third-order valence-corrected chi connectivity index (χ3v) is 6.59. The van der Waals surface area contributed by atoms with Crippen molar-refractivity contribution >= 4 is 11.9 Å². The van der Waals surface area contributed by atoms with Crippen molar-refractivity contribution in [3.05, 3.63) is 35.9 Å². The van der Waals surface area contributed by atoms with E-state index in [4.69, 9.17) is 4.74 Å². The lowest BCUT2D eigenvalue weighted by Gasteiger charge is -2.38. The normalized spacial score (nSPS) is 26.0. The Kier molecular flexibility index (Phi) is 5.18. The van der Waals surface area contributed by atoms with Crippen LogP contribution >= 0.6 is 0 Å². The van der Waals surface area contributed by atoms with Crippen LogP contribution in [0.25, 0.3) is 5.82 Å². The molecule has 2 saturated heterocycles. The molecule has 3 aliphatic rings. The molecule has 5 rings (SSSR count). The summed E-state index contributed by atoms with van der Waals surface area (Å²) in [6.07, 6.45) is 3.18. The van der Waals surface area contributed by atoms with Crippen LogP contribution in [0, 0.1) is 5.41 Å². The zero-order chi connectivity index (χ0) is 23.2. The Balaban J connectivity index is 1.21. The molecule has 0 aliphatic carbocycles. The molecular formula is C20H24N8O5. The molecule has 2 N–H and O–H groups in total. The van der Waals surface area contributed by atoms with Gasteiger partial charge < -0.3 is 19.8 Å². The minimum Gasteiger partial charge on any atom is -0.456 e. The zero-order valence-corrected chi connectivity index (χ0v) is 18.0. The number of cyclic esters (lactones) is 1. The molecule has 1 unspecified atom stereocenters. The number of nitrogens with zero attached hydrogens (tertiary/aromatic N) is 8. The van der Waals surface area contributed by atoms with Crippen molar-refractivity contribution in [1.29, 1.82) is 0 Å². The number of aliphatic hydroxyl groups excluding tert-OH is 1. The van der Waals surface area contributed by atoms with Gasteiger partial charge in [-0.15, -0.1) is 10.2 Å². The Morgan fingerprint density at radius 1 is 1.21 bits per heavy atom. The number of carbonyl (C=O) groups excluding carboxylic acids is 2.